The Bertz CT molecular complexity index is 986. The third kappa shape index (κ3) is 5.23. The minimum absolute atomic E-state index is 0.0371. The maximum Gasteiger partial charge on any atom is 0.221 e. The molecule has 1 saturated heterocycles. The molecule has 2 heterocycles. The van der Waals surface area contributed by atoms with Crippen molar-refractivity contribution in [3.8, 4) is 0 Å². The van der Waals surface area contributed by atoms with Crippen molar-refractivity contribution in [2.45, 2.75) is 44.6 Å². The van der Waals surface area contributed by atoms with E-state index in [0.717, 1.165) is 51.0 Å². The van der Waals surface area contributed by atoms with Gasteiger partial charge in [0.1, 0.15) is 5.82 Å². The van der Waals surface area contributed by atoms with Gasteiger partial charge in [0.15, 0.2) is 0 Å². The zero-order valence-electron chi connectivity index (χ0n) is 18.6. The second-order valence-electron chi connectivity index (χ2n) is 8.78. The number of nitrogens with zero attached hydrogens (tertiary/aromatic N) is 3. The van der Waals surface area contributed by atoms with Crippen LogP contribution in [0.3, 0.4) is 0 Å². The second-order valence-corrected chi connectivity index (χ2v) is 8.78. The number of amides is 1. The summed E-state index contributed by atoms with van der Waals surface area (Å²) in [7, 11) is 2.12. The molecule has 1 aliphatic rings. The highest BCUT2D eigenvalue weighted by Crippen LogP contribution is 2.39. The maximum absolute atomic E-state index is 11.2. The fourth-order valence-corrected chi connectivity index (χ4v) is 4.78. The number of rotatable bonds is 7. The number of carbonyl (C=O) groups excluding carboxylic acids is 1. The molecular weight excluding hydrogens is 384 g/mol. The van der Waals surface area contributed by atoms with Crippen LogP contribution in [-0.2, 0) is 30.2 Å². The Hall–Kier alpha value is -2.92. The lowest BCUT2D eigenvalue weighted by Crippen LogP contribution is -2.44. The largest absolute Gasteiger partial charge is 0.338 e. The minimum Gasteiger partial charge on any atom is -0.338 e. The Balaban J connectivity index is 1.42. The lowest BCUT2D eigenvalue weighted by Gasteiger charge is -2.41. The predicted molar refractivity (Wildman–Crippen MR) is 125 cm³/mol. The number of imidazole rings is 1. The standard InChI is InChI=1S/C26H32N4O/c1-21(31)28-24-10-8-23(9-11-24)20-30-17-14-26(15-18-30,25-27-16-19-29(25)2)13-12-22-6-4-3-5-7-22/h3-11,16,19H,12-15,17-18,20H2,1-2H3,(H,28,31). The van der Waals surface area contributed by atoms with E-state index < -0.39 is 0 Å². The molecule has 1 aromatic heterocycles. The van der Waals surface area contributed by atoms with Crippen molar-refractivity contribution >= 4 is 11.6 Å². The van der Waals surface area contributed by atoms with E-state index in [1.165, 1.54) is 23.9 Å². The number of piperidine rings is 1. The first-order valence-electron chi connectivity index (χ1n) is 11.1. The number of aromatic nitrogens is 2. The van der Waals surface area contributed by atoms with Crippen molar-refractivity contribution in [3.63, 3.8) is 0 Å². The van der Waals surface area contributed by atoms with Gasteiger partial charge in [-0.2, -0.15) is 0 Å². The first kappa shape index (κ1) is 21.3. The monoisotopic (exact) mass is 416 g/mol. The summed E-state index contributed by atoms with van der Waals surface area (Å²) in [5.74, 6) is 1.19. The van der Waals surface area contributed by atoms with Crippen LogP contribution >= 0.6 is 0 Å². The molecular formula is C26H32N4O. The Morgan fingerprint density at radius 3 is 2.35 bits per heavy atom. The highest BCUT2D eigenvalue weighted by molar-refractivity contribution is 5.88. The Morgan fingerprint density at radius 1 is 1.03 bits per heavy atom. The van der Waals surface area contributed by atoms with E-state index in [1.54, 1.807) is 0 Å². The van der Waals surface area contributed by atoms with Crippen LogP contribution in [-0.4, -0.2) is 33.4 Å². The minimum atomic E-state index is -0.0371. The number of hydrogen-bond donors (Lipinski definition) is 1. The summed E-state index contributed by atoms with van der Waals surface area (Å²) in [6.07, 6.45) is 8.45. The molecule has 0 spiro atoms. The van der Waals surface area contributed by atoms with E-state index in [0.29, 0.717) is 0 Å². The molecule has 1 N–H and O–H groups in total. The summed E-state index contributed by atoms with van der Waals surface area (Å²) in [6.45, 7) is 4.60. The van der Waals surface area contributed by atoms with Gasteiger partial charge >= 0.3 is 0 Å². The van der Waals surface area contributed by atoms with E-state index in [-0.39, 0.29) is 11.3 Å². The van der Waals surface area contributed by atoms with Crippen LogP contribution < -0.4 is 5.32 Å². The summed E-state index contributed by atoms with van der Waals surface area (Å²) < 4.78 is 2.21. The fraction of sp³-hybridized carbons (Fsp3) is 0.385. The van der Waals surface area contributed by atoms with Gasteiger partial charge in [0.25, 0.3) is 0 Å². The lowest BCUT2D eigenvalue weighted by atomic mass is 9.73. The number of benzene rings is 2. The number of anilines is 1. The lowest BCUT2D eigenvalue weighted by molar-refractivity contribution is -0.114. The van der Waals surface area contributed by atoms with Crippen LogP contribution in [0.1, 0.15) is 43.1 Å². The first-order valence-corrected chi connectivity index (χ1v) is 11.1. The van der Waals surface area contributed by atoms with Gasteiger partial charge < -0.3 is 9.88 Å². The molecule has 5 heteroatoms. The average Bonchev–Trinajstić information content (AvgIpc) is 3.22. The van der Waals surface area contributed by atoms with Crippen LogP contribution in [0.25, 0.3) is 0 Å². The molecule has 2 aromatic carbocycles. The predicted octanol–water partition coefficient (Wildman–Crippen LogP) is 4.55. The summed E-state index contributed by atoms with van der Waals surface area (Å²) in [5, 5.41) is 2.83. The molecule has 1 amide bonds. The summed E-state index contributed by atoms with van der Waals surface area (Å²) in [6, 6.07) is 19.0. The highest BCUT2D eigenvalue weighted by Gasteiger charge is 2.38. The third-order valence-electron chi connectivity index (χ3n) is 6.52. The molecule has 0 saturated carbocycles. The van der Waals surface area contributed by atoms with Crippen LogP contribution in [0.4, 0.5) is 5.69 Å². The van der Waals surface area contributed by atoms with Crippen molar-refractivity contribution in [1.82, 2.24) is 14.5 Å². The van der Waals surface area contributed by atoms with Gasteiger partial charge in [-0.3, -0.25) is 9.69 Å². The van der Waals surface area contributed by atoms with Crippen molar-refractivity contribution in [1.29, 1.82) is 0 Å². The molecule has 162 valence electrons. The van der Waals surface area contributed by atoms with Gasteiger partial charge in [-0.15, -0.1) is 0 Å². The SMILES string of the molecule is CC(=O)Nc1ccc(CN2CCC(CCc3ccccc3)(c3nccn3C)CC2)cc1. The van der Waals surface area contributed by atoms with Crippen molar-refractivity contribution in [2.24, 2.45) is 7.05 Å². The van der Waals surface area contributed by atoms with Crippen LogP contribution in [0.2, 0.25) is 0 Å². The molecule has 0 atom stereocenters. The van der Waals surface area contributed by atoms with E-state index >= 15 is 0 Å². The number of likely N-dealkylation sites (tertiary alicyclic amines) is 1. The first-order chi connectivity index (χ1) is 15.0. The number of aryl methyl sites for hydroxylation is 2. The number of nitrogens with one attached hydrogen (secondary N) is 1. The molecule has 3 aromatic rings. The third-order valence-corrected chi connectivity index (χ3v) is 6.52. The highest BCUT2D eigenvalue weighted by atomic mass is 16.1. The Labute approximate surface area is 185 Å². The van der Waals surface area contributed by atoms with E-state index in [4.69, 9.17) is 4.98 Å². The maximum atomic E-state index is 11.2. The summed E-state index contributed by atoms with van der Waals surface area (Å²) >= 11 is 0. The molecule has 4 rings (SSSR count). The smallest absolute Gasteiger partial charge is 0.221 e. The van der Waals surface area contributed by atoms with Crippen LogP contribution in [0, 0.1) is 0 Å². The van der Waals surface area contributed by atoms with Gasteiger partial charge in [0, 0.05) is 44.0 Å². The average molecular weight is 417 g/mol. The van der Waals surface area contributed by atoms with Crippen molar-refractivity contribution in [2.75, 3.05) is 18.4 Å². The topological polar surface area (TPSA) is 50.2 Å². The normalized spacial score (nSPS) is 16.2. The molecule has 0 aliphatic carbocycles. The quantitative estimate of drug-likeness (QED) is 0.615. The summed E-state index contributed by atoms with van der Waals surface area (Å²) in [5.41, 5.74) is 3.66. The van der Waals surface area contributed by atoms with Crippen LogP contribution in [0.5, 0.6) is 0 Å². The molecule has 1 fully saturated rings. The van der Waals surface area contributed by atoms with Gasteiger partial charge in [-0.1, -0.05) is 42.5 Å². The zero-order chi connectivity index (χ0) is 21.7. The molecule has 0 bridgehead atoms. The molecule has 0 unspecified atom stereocenters. The Morgan fingerprint density at radius 2 is 1.74 bits per heavy atom. The second kappa shape index (κ2) is 9.48. The molecule has 31 heavy (non-hydrogen) atoms. The van der Waals surface area contributed by atoms with Gasteiger partial charge in [-0.05, 0) is 62.0 Å². The van der Waals surface area contributed by atoms with Crippen LogP contribution in [0.15, 0.2) is 67.0 Å². The van der Waals surface area contributed by atoms with Gasteiger partial charge in [0.05, 0.1) is 0 Å². The van der Waals surface area contributed by atoms with Crippen molar-refractivity contribution < 1.29 is 4.79 Å². The fourth-order valence-electron chi connectivity index (χ4n) is 4.78. The van der Waals surface area contributed by atoms with Gasteiger partial charge in [0.2, 0.25) is 5.91 Å². The molecule has 0 radical (unpaired) electrons. The summed E-state index contributed by atoms with van der Waals surface area (Å²) in [4.78, 5) is 18.5. The van der Waals surface area contributed by atoms with E-state index in [9.17, 15) is 4.79 Å². The van der Waals surface area contributed by atoms with E-state index in [1.807, 2.05) is 18.3 Å². The molecule has 5 nitrogen and oxygen atoms in total. The zero-order valence-corrected chi connectivity index (χ0v) is 18.6. The molecule has 1 aliphatic heterocycles. The van der Waals surface area contributed by atoms with E-state index in [2.05, 4.69) is 70.5 Å². The number of hydrogen-bond acceptors (Lipinski definition) is 3. The van der Waals surface area contributed by atoms with Crippen molar-refractivity contribution in [3.05, 3.63) is 83.9 Å². The van der Waals surface area contributed by atoms with Gasteiger partial charge in [-0.25, -0.2) is 4.98 Å². The number of carbonyl (C=O) groups is 1. The Kier molecular flexibility index (Phi) is 6.52.